The summed E-state index contributed by atoms with van der Waals surface area (Å²) in [6, 6.07) is 16.8. The monoisotopic (exact) mass is 404 g/mol. The van der Waals surface area contributed by atoms with E-state index in [0.717, 1.165) is 11.3 Å². The van der Waals surface area contributed by atoms with Crippen LogP contribution in [-0.2, 0) is 4.79 Å². The van der Waals surface area contributed by atoms with Crippen LogP contribution in [0.2, 0.25) is 0 Å². The zero-order valence-electron chi connectivity index (χ0n) is 16.8. The molecule has 1 aromatic carbocycles. The fraction of sp³-hybridized carbons (Fsp3) is 0.304. The van der Waals surface area contributed by atoms with Crippen molar-refractivity contribution in [3.05, 3.63) is 83.5 Å². The van der Waals surface area contributed by atoms with Gasteiger partial charge in [-0.3, -0.25) is 14.6 Å². The van der Waals surface area contributed by atoms with Gasteiger partial charge in [-0.05, 0) is 37.5 Å². The van der Waals surface area contributed by atoms with Gasteiger partial charge in [0.2, 0.25) is 5.91 Å². The number of nitrogens with one attached hydrogen (secondary N) is 1. The zero-order chi connectivity index (χ0) is 20.9. The molecule has 1 aliphatic rings. The Morgan fingerprint density at radius 2 is 1.83 bits per heavy atom. The van der Waals surface area contributed by atoms with Crippen LogP contribution in [0.25, 0.3) is 0 Å². The van der Waals surface area contributed by atoms with Crippen LogP contribution in [0, 0.1) is 12.8 Å². The molecule has 0 aliphatic carbocycles. The summed E-state index contributed by atoms with van der Waals surface area (Å²) in [6.45, 7) is 2.79. The van der Waals surface area contributed by atoms with Gasteiger partial charge in [-0.2, -0.15) is 0 Å². The van der Waals surface area contributed by atoms with Crippen molar-refractivity contribution >= 4 is 11.8 Å². The van der Waals surface area contributed by atoms with Gasteiger partial charge >= 0.3 is 0 Å². The highest BCUT2D eigenvalue weighted by Gasteiger charge is 2.30. The van der Waals surface area contributed by atoms with Crippen LogP contribution in [0.5, 0.6) is 0 Å². The van der Waals surface area contributed by atoms with Gasteiger partial charge in [0.05, 0.1) is 11.7 Å². The molecule has 1 N–H and O–H groups in total. The highest BCUT2D eigenvalue weighted by atomic mass is 16.5. The van der Waals surface area contributed by atoms with Crippen molar-refractivity contribution in [3.8, 4) is 0 Å². The zero-order valence-corrected chi connectivity index (χ0v) is 16.8. The van der Waals surface area contributed by atoms with Crippen LogP contribution in [0.1, 0.15) is 46.4 Å². The van der Waals surface area contributed by atoms with Gasteiger partial charge in [0.1, 0.15) is 5.76 Å². The van der Waals surface area contributed by atoms with E-state index in [0.29, 0.717) is 37.4 Å². The molecule has 3 aromatic rings. The summed E-state index contributed by atoms with van der Waals surface area (Å²) < 4.78 is 5.00. The fourth-order valence-corrected chi connectivity index (χ4v) is 3.75. The molecule has 30 heavy (non-hydrogen) atoms. The molecule has 2 aromatic heterocycles. The Labute approximate surface area is 175 Å². The van der Waals surface area contributed by atoms with Crippen LogP contribution in [0.3, 0.4) is 0 Å². The Morgan fingerprint density at radius 1 is 1.10 bits per heavy atom. The van der Waals surface area contributed by atoms with Crippen LogP contribution < -0.4 is 5.32 Å². The molecule has 1 saturated heterocycles. The maximum Gasteiger partial charge on any atom is 0.276 e. The molecule has 0 spiro atoms. The Bertz CT molecular complexity index is 956. The molecule has 0 radical (unpaired) electrons. The van der Waals surface area contributed by atoms with E-state index in [9.17, 15) is 9.59 Å². The summed E-state index contributed by atoms with van der Waals surface area (Å²) in [5, 5.41) is 6.97. The molecule has 7 nitrogen and oxygen atoms in total. The van der Waals surface area contributed by atoms with E-state index in [1.807, 2.05) is 48.5 Å². The number of rotatable bonds is 5. The Hall–Kier alpha value is -3.48. The number of hydrogen-bond acceptors (Lipinski definition) is 5. The molecular formula is C23H24N4O3. The Morgan fingerprint density at radius 3 is 2.47 bits per heavy atom. The van der Waals surface area contributed by atoms with Gasteiger partial charge in [0.25, 0.3) is 5.91 Å². The second-order valence-corrected chi connectivity index (χ2v) is 7.50. The maximum absolute atomic E-state index is 13.0. The van der Waals surface area contributed by atoms with E-state index < -0.39 is 0 Å². The molecular weight excluding hydrogens is 380 g/mol. The van der Waals surface area contributed by atoms with Gasteiger partial charge in [0, 0.05) is 31.3 Å². The molecule has 1 unspecified atom stereocenters. The van der Waals surface area contributed by atoms with Crippen molar-refractivity contribution in [2.24, 2.45) is 5.92 Å². The quantitative estimate of drug-likeness (QED) is 0.706. The minimum Gasteiger partial charge on any atom is -0.361 e. The Kier molecular flexibility index (Phi) is 5.88. The van der Waals surface area contributed by atoms with Crippen molar-refractivity contribution in [2.45, 2.75) is 25.8 Å². The molecule has 154 valence electrons. The molecule has 4 rings (SSSR count). The number of piperidine rings is 1. The lowest BCUT2D eigenvalue weighted by Crippen LogP contribution is -2.44. The van der Waals surface area contributed by atoms with Gasteiger partial charge in [-0.1, -0.05) is 41.6 Å². The SMILES string of the molecule is Cc1cc(C(=O)N2CCC(C(=O)NC(c3ccccc3)c3ccccn3)CC2)no1. The number of aryl methyl sites for hydroxylation is 1. The van der Waals surface area contributed by atoms with Crippen LogP contribution >= 0.6 is 0 Å². The summed E-state index contributed by atoms with van der Waals surface area (Å²) >= 11 is 0. The Balaban J connectivity index is 1.41. The van der Waals surface area contributed by atoms with E-state index in [1.54, 1.807) is 24.1 Å². The van der Waals surface area contributed by atoms with E-state index in [2.05, 4.69) is 15.5 Å². The van der Waals surface area contributed by atoms with Gasteiger partial charge in [0.15, 0.2) is 5.69 Å². The minimum atomic E-state index is -0.308. The second-order valence-electron chi connectivity index (χ2n) is 7.50. The summed E-state index contributed by atoms with van der Waals surface area (Å²) in [5.41, 5.74) is 2.10. The lowest BCUT2D eigenvalue weighted by molar-refractivity contribution is -0.126. The second kappa shape index (κ2) is 8.90. The summed E-state index contributed by atoms with van der Waals surface area (Å²) in [4.78, 5) is 31.7. The third kappa shape index (κ3) is 4.40. The maximum atomic E-state index is 13.0. The average molecular weight is 404 g/mol. The topological polar surface area (TPSA) is 88.3 Å². The number of likely N-dealkylation sites (tertiary alicyclic amines) is 1. The molecule has 2 amide bonds. The number of aromatic nitrogens is 2. The van der Waals surface area contributed by atoms with E-state index in [-0.39, 0.29) is 23.8 Å². The number of hydrogen-bond donors (Lipinski definition) is 1. The first kappa shape index (κ1) is 19.8. The number of benzene rings is 1. The number of carbonyl (C=O) groups excluding carboxylic acids is 2. The first-order chi connectivity index (χ1) is 14.6. The molecule has 0 saturated carbocycles. The molecule has 1 atom stereocenters. The van der Waals surface area contributed by atoms with Crippen molar-refractivity contribution in [3.63, 3.8) is 0 Å². The van der Waals surface area contributed by atoms with Crippen LogP contribution in [-0.4, -0.2) is 39.9 Å². The van der Waals surface area contributed by atoms with Crippen LogP contribution in [0.15, 0.2) is 65.3 Å². The number of carbonyl (C=O) groups is 2. The molecule has 1 fully saturated rings. The lowest BCUT2D eigenvalue weighted by atomic mass is 9.94. The van der Waals surface area contributed by atoms with Crippen molar-refractivity contribution < 1.29 is 14.1 Å². The van der Waals surface area contributed by atoms with E-state index in [1.165, 1.54) is 0 Å². The molecule has 0 bridgehead atoms. The predicted molar refractivity (Wildman–Crippen MR) is 111 cm³/mol. The number of nitrogens with zero attached hydrogens (tertiary/aromatic N) is 3. The molecule has 1 aliphatic heterocycles. The van der Waals surface area contributed by atoms with E-state index in [4.69, 9.17) is 4.52 Å². The van der Waals surface area contributed by atoms with Crippen molar-refractivity contribution in [1.82, 2.24) is 20.4 Å². The third-order valence-corrected chi connectivity index (χ3v) is 5.40. The first-order valence-electron chi connectivity index (χ1n) is 10.1. The summed E-state index contributed by atoms with van der Waals surface area (Å²) in [5.74, 6) is 0.289. The van der Waals surface area contributed by atoms with Crippen molar-refractivity contribution in [1.29, 1.82) is 0 Å². The van der Waals surface area contributed by atoms with Gasteiger partial charge in [-0.25, -0.2) is 0 Å². The smallest absolute Gasteiger partial charge is 0.276 e. The number of pyridine rings is 1. The minimum absolute atomic E-state index is 0.0149. The normalized spacial score (nSPS) is 15.6. The molecule has 3 heterocycles. The summed E-state index contributed by atoms with van der Waals surface area (Å²) in [6.07, 6.45) is 2.95. The highest BCUT2D eigenvalue weighted by molar-refractivity contribution is 5.92. The average Bonchev–Trinajstić information content (AvgIpc) is 3.24. The largest absolute Gasteiger partial charge is 0.361 e. The molecule has 7 heteroatoms. The fourth-order valence-electron chi connectivity index (χ4n) is 3.75. The third-order valence-electron chi connectivity index (χ3n) is 5.40. The van der Waals surface area contributed by atoms with Crippen molar-refractivity contribution in [2.75, 3.05) is 13.1 Å². The standard InChI is InChI=1S/C23H24N4O3/c1-16-15-20(26-30-16)23(29)27-13-10-18(11-14-27)22(28)25-21(17-7-3-2-4-8-17)19-9-5-6-12-24-19/h2-9,12,15,18,21H,10-11,13-14H2,1H3,(H,25,28). The predicted octanol–water partition coefficient (Wildman–Crippen LogP) is 3.14. The van der Waals surface area contributed by atoms with E-state index >= 15 is 0 Å². The summed E-state index contributed by atoms with van der Waals surface area (Å²) in [7, 11) is 0. The van der Waals surface area contributed by atoms with Crippen LogP contribution in [0.4, 0.5) is 0 Å². The number of amides is 2. The van der Waals surface area contributed by atoms with Gasteiger partial charge in [-0.15, -0.1) is 0 Å². The highest BCUT2D eigenvalue weighted by Crippen LogP contribution is 2.24. The first-order valence-corrected chi connectivity index (χ1v) is 10.1. The van der Waals surface area contributed by atoms with Gasteiger partial charge < -0.3 is 14.7 Å². The lowest BCUT2D eigenvalue weighted by Gasteiger charge is -2.31.